The van der Waals surface area contributed by atoms with Crippen LogP contribution in [0.5, 0.6) is 0 Å². The fourth-order valence-corrected chi connectivity index (χ4v) is 4.86. The first-order chi connectivity index (χ1) is 18.4. The van der Waals surface area contributed by atoms with Gasteiger partial charge in [-0.2, -0.15) is 5.26 Å². The second-order valence-electron chi connectivity index (χ2n) is 12.5. The van der Waals surface area contributed by atoms with Crippen molar-refractivity contribution in [3.63, 3.8) is 0 Å². The van der Waals surface area contributed by atoms with Crippen LogP contribution in [0.25, 0.3) is 0 Å². The summed E-state index contributed by atoms with van der Waals surface area (Å²) in [5.74, 6) is 0.863. The number of para-hydroxylation sites is 1. The Labute approximate surface area is 239 Å². The maximum atomic E-state index is 12.8. The summed E-state index contributed by atoms with van der Waals surface area (Å²) in [6, 6.07) is 10.9. The van der Waals surface area contributed by atoms with Gasteiger partial charge in [-0.3, -0.25) is 19.1 Å². The van der Waals surface area contributed by atoms with Crippen LogP contribution in [0, 0.1) is 28.6 Å². The van der Waals surface area contributed by atoms with Crippen LogP contribution in [-0.4, -0.2) is 65.5 Å². The summed E-state index contributed by atoms with van der Waals surface area (Å²) in [5.41, 5.74) is 1.33. The van der Waals surface area contributed by atoms with Gasteiger partial charge in [-0.1, -0.05) is 77.6 Å². The molecule has 3 aliphatic rings. The summed E-state index contributed by atoms with van der Waals surface area (Å²) in [5, 5.41) is 12.4. The van der Waals surface area contributed by atoms with Gasteiger partial charge in [-0.25, -0.2) is 0 Å². The minimum atomic E-state index is -0.350. The van der Waals surface area contributed by atoms with Gasteiger partial charge in [0.15, 0.2) is 0 Å². The van der Waals surface area contributed by atoms with Crippen molar-refractivity contribution in [2.75, 3.05) is 25.5 Å². The molecule has 0 spiro atoms. The Bertz CT molecular complexity index is 948. The van der Waals surface area contributed by atoms with Crippen LogP contribution in [-0.2, 0) is 14.4 Å². The minimum Gasteiger partial charge on any atom is -0.335 e. The van der Waals surface area contributed by atoms with E-state index >= 15 is 0 Å². The van der Waals surface area contributed by atoms with E-state index in [1.165, 1.54) is 30.6 Å². The lowest BCUT2D eigenvalue weighted by Crippen LogP contribution is -2.48. The predicted octanol–water partition coefficient (Wildman–Crippen LogP) is 5.08. The Morgan fingerprint density at radius 2 is 1.79 bits per heavy atom. The number of nitrogens with zero attached hydrogens (tertiary/aromatic N) is 3. The zero-order chi connectivity index (χ0) is 29.0. The van der Waals surface area contributed by atoms with E-state index < -0.39 is 0 Å². The molecule has 2 aliphatic carbocycles. The van der Waals surface area contributed by atoms with Crippen molar-refractivity contribution >= 4 is 35.9 Å². The molecule has 4 rings (SSSR count). The smallest absolute Gasteiger partial charge is 0.243 e. The molecule has 2 saturated carbocycles. The number of benzene rings is 1. The van der Waals surface area contributed by atoms with Crippen molar-refractivity contribution in [1.29, 1.82) is 5.26 Å². The number of hydrogen-bond donors (Lipinski definition) is 2. The van der Waals surface area contributed by atoms with Gasteiger partial charge in [-0.15, -0.1) is 0 Å². The monoisotopic (exact) mass is 557 g/mol. The molecule has 1 aromatic carbocycles. The van der Waals surface area contributed by atoms with E-state index in [4.69, 9.17) is 0 Å². The molecule has 3 atom stereocenters. The van der Waals surface area contributed by atoms with Crippen LogP contribution < -0.4 is 10.0 Å². The van der Waals surface area contributed by atoms with E-state index in [0.717, 1.165) is 18.5 Å². The van der Waals surface area contributed by atoms with E-state index in [-0.39, 0.29) is 30.4 Å². The lowest BCUT2D eigenvalue weighted by molar-refractivity contribution is -0.140. The first-order valence-corrected chi connectivity index (χ1v) is 14.9. The standard InChI is InChI=1S/C18H28N4O2S.C7H7NO.C5H12/c1-12-7-14(9-19)22(10-12)17(23)11-21(2)18(24)16(8-13-3-4-13)20-25-15-5-6-15;9-6-8-7-4-2-1-3-5-7;1-5(2,3)4/h12-16,20H,3-8,10-11H2,1-2H3;1-6H,(H,8,9);1-4H3. The van der Waals surface area contributed by atoms with E-state index in [2.05, 4.69) is 50.7 Å². The third-order valence-electron chi connectivity index (χ3n) is 6.19. The van der Waals surface area contributed by atoms with Crippen molar-refractivity contribution < 1.29 is 14.4 Å². The molecule has 1 saturated heterocycles. The highest BCUT2D eigenvalue weighted by Gasteiger charge is 2.36. The SMILES string of the molecule is CC(C)(C)C.CC1CC(C#N)N(C(=O)CN(C)C(=O)C(CC2CC2)NSC2CC2)C1.O=CNc1ccccc1. The molecule has 39 heavy (non-hydrogen) atoms. The highest BCUT2D eigenvalue weighted by molar-refractivity contribution is 7.98. The number of nitriles is 1. The number of likely N-dealkylation sites (N-methyl/N-ethyl adjacent to an activating group) is 1. The minimum absolute atomic E-state index is 0.00541. The summed E-state index contributed by atoms with van der Waals surface area (Å²) >= 11 is 1.68. The molecule has 3 amide bonds. The Balaban J connectivity index is 0.000000313. The largest absolute Gasteiger partial charge is 0.335 e. The highest BCUT2D eigenvalue weighted by atomic mass is 32.2. The number of likely N-dealkylation sites (tertiary alicyclic amines) is 1. The first kappa shape index (κ1) is 32.6. The molecule has 1 aliphatic heterocycles. The van der Waals surface area contributed by atoms with Gasteiger partial charge in [0.05, 0.1) is 18.7 Å². The van der Waals surface area contributed by atoms with Crippen molar-refractivity contribution in [3.05, 3.63) is 30.3 Å². The molecule has 3 unspecified atom stereocenters. The second kappa shape index (κ2) is 15.9. The molecule has 0 bridgehead atoms. The number of nitrogens with one attached hydrogen (secondary N) is 2. The van der Waals surface area contributed by atoms with Crippen molar-refractivity contribution in [1.82, 2.24) is 14.5 Å². The fourth-order valence-electron chi connectivity index (χ4n) is 3.93. The van der Waals surface area contributed by atoms with Crippen LogP contribution >= 0.6 is 11.9 Å². The molecule has 3 fully saturated rings. The number of rotatable bonds is 10. The van der Waals surface area contributed by atoms with Gasteiger partial charge in [0.25, 0.3) is 0 Å². The molecule has 2 N–H and O–H groups in total. The van der Waals surface area contributed by atoms with Crippen molar-refractivity contribution in [3.8, 4) is 6.07 Å². The van der Waals surface area contributed by atoms with Crippen LogP contribution in [0.15, 0.2) is 30.3 Å². The number of anilines is 1. The lowest BCUT2D eigenvalue weighted by atomic mass is 10.0. The van der Waals surface area contributed by atoms with Crippen LogP contribution in [0.1, 0.15) is 73.1 Å². The number of carbonyl (C=O) groups is 3. The molecule has 0 aromatic heterocycles. The van der Waals surface area contributed by atoms with Gasteiger partial charge in [-0.05, 0) is 55.1 Å². The third kappa shape index (κ3) is 13.9. The molecule has 1 aromatic rings. The first-order valence-electron chi connectivity index (χ1n) is 14.0. The van der Waals surface area contributed by atoms with E-state index in [1.807, 2.05) is 30.3 Å². The Kier molecular flexibility index (Phi) is 13.3. The van der Waals surface area contributed by atoms with E-state index in [0.29, 0.717) is 35.5 Å². The summed E-state index contributed by atoms with van der Waals surface area (Å²) < 4.78 is 3.35. The van der Waals surface area contributed by atoms with E-state index in [9.17, 15) is 19.6 Å². The van der Waals surface area contributed by atoms with E-state index in [1.54, 1.807) is 23.9 Å². The van der Waals surface area contributed by atoms with Crippen LogP contribution in [0.4, 0.5) is 5.69 Å². The number of carbonyl (C=O) groups excluding carboxylic acids is 3. The normalized spacial score (nSPS) is 20.8. The van der Waals surface area contributed by atoms with Gasteiger partial charge in [0, 0.05) is 24.5 Å². The molecule has 216 valence electrons. The maximum absolute atomic E-state index is 12.8. The van der Waals surface area contributed by atoms with Gasteiger partial charge in [0.1, 0.15) is 6.04 Å². The summed E-state index contributed by atoms with van der Waals surface area (Å²) in [4.78, 5) is 38.4. The molecular formula is C30H47N5O3S. The summed E-state index contributed by atoms with van der Waals surface area (Å²) in [6.07, 6.45) is 7.10. The average Bonchev–Trinajstić information content (AvgIpc) is 3.80. The number of hydrogen-bond acceptors (Lipinski definition) is 6. The van der Waals surface area contributed by atoms with Crippen molar-refractivity contribution in [2.24, 2.45) is 17.3 Å². The summed E-state index contributed by atoms with van der Waals surface area (Å²) in [6.45, 7) is 11.5. The molecular weight excluding hydrogens is 510 g/mol. The van der Waals surface area contributed by atoms with Crippen LogP contribution in [0.2, 0.25) is 0 Å². The Hall–Kier alpha value is -2.57. The summed E-state index contributed by atoms with van der Waals surface area (Å²) in [7, 11) is 1.70. The topological polar surface area (TPSA) is 106 Å². The quantitative estimate of drug-likeness (QED) is 0.307. The molecule has 0 radical (unpaired) electrons. The van der Waals surface area contributed by atoms with Gasteiger partial charge >= 0.3 is 0 Å². The molecule has 8 nitrogen and oxygen atoms in total. The molecule has 1 heterocycles. The second-order valence-corrected chi connectivity index (χ2v) is 13.7. The Morgan fingerprint density at radius 1 is 1.18 bits per heavy atom. The molecule has 9 heteroatoms. The zero-order valence-electron chi connectivity index (χ0n) is 24.5. The predicted molar refractivity (Wildman–Crippen MR) is 159 cm³/mol. The lowest BCUT2D eigenvalue weighted by Gasteiger charge is -2.27. The average molecular weight is 558 g/mol. The third-order valence-corrected chi connectivity index (χ3v) is 7.42. The number of amides is 3. The Morgan fingerprint density at radius 3 is 2.31 bits per heavy atom. The maximum Gasteiger partial charge on any atom is 0.243 e. The van der Waals surface area contributed by atoms with Crippen LogP contribution in [0.3, 0.4) is 0 Å². The fraction of sp³-hybridized carbons (Fsp3) is 0.667. The van der Waals surface area contributed by atoms with Crippen molar-refractivity contribution in [2.45, 2.75) is 90.5 Å². The highest BCUT2D eigenvalue weighted by Crippen LogP contribution is 2.36. The van der Waals surface area contributed by atoms with Gasteiger partial charge in [0.2, 0.25) is 18.2 Å². The zero-order valence-corrected chi connectivity index (χ0v) is 25.3. The van der Waals surface area contributed by atoms with Gasteiger partial charge < -0.3 is 15.1 Å².